The SMILES string of the molecule is C=CC1C[C@]1(NC(=O)[C@@H]1C[C@@H](Oc2cc(-c3ccccc3)nc3cc(OC)ccc23)CN1C(=O)[C@@H](NC(=O)OC1CCCC1)C(C)(C)C)P(=O)(O)O. The predicted octanol–water partition coefficient (Wildman–Crippen LogP) is 5.54. The number of amides is 3. The fraction of sp³-hybridized carbons (Fsp3) is 0.474. The van der Waals surface area contributed by atoms with E-state index in [0.29, 0.717) is 28.1 Å². The molecule has 3 amide bonds. The van der Waals surface area contributed by atoms with Gasteiger partial charge < -0.3 is 39.5 Å². The van der Waals surface area contributed by atoms with Gasteiger partial charge in [0.25, 0.3) is 0 Å². The predicted molar refractivity (Wildman–Crippen MR) is 195 cm³/mol. The molecule has 5 atom stereocenters. The maximum absolute atomic E-state index is 14.5. The minimum absolute atomic E-state index is 0.0115. The van der Waals surface area contributed by atoms with Crippen molar-refractivity contribution >= 4 is 36.4 Å². The molecular formula is C38H47N4O9P. The maximum atomic E-state index is 14.5. The van der Waals surface area contributed by atoms with Gasteiger partial charge in [-0.1, -0.05) is 57.2 Å². The molecule has 0 bridgehead atoms. The molecule has 1 aromatic heterocycles. The number of fused-ring (bicyclic) bond motifs is 1. The molecule has 14 heteroatoms. The average Bonchev–Trinajstić information content (AvgIpc) is 3.37. The highest BCUT2D eigenvalue weighted by Crippen LogP contribution is 2.67. The Morgan fingerprint density at radius 3 is 2.40 bits per heavy atom. The molecule has 0 spiro atoms. The van der Waals surface area contributed by atoms with Crippen molar-refractivity contribution < 1.29 is 42.9 Å². The lowest BCUT2D eigenvalue weighted by molar-refractivity contribution is -0.142. The van der Waals surface area contributed by atoms with Crippen LogP contribution in [0.15, 0.2) is 67.3 Å². The molecule has 4 N–H and O–H groups in total. The molecule has 1 aliphatic heterocycles. The van der Waals surface area contributed by atoms with E-state index >= 15 is 0 Å². The molecule has 1 saturated heterocycles. The molecule has 3 aromatic rings. The van der Waals surface area contributed by atoms with Gasteiger partial charge in [0.2, 0.25) is 11.8 Å². The van der Waals surface area contributed by atoms with Gasteiger partial charge in [0.05, 0.1) is 24.9 Å². The lowest BCUT2D eigenvalue weighted by atomic mass is 9.85. The van der Waals surface area contributed by atoms with Crippen LogP contribution in [0.25, 0.3) is 22.2 Å². The number of carbonyl (C=O) groups excluding carboxylic acids is 3. The van der Waals surface area contributed by atoms with Crippen LogP contribution in [-0.2, 0) is 18.9 Å². The number of carbonyl (C=O) groups is 3. The molecular weight excluding hydrogens is 687 g/mol. The molecule has 2 aromatic carbocycles. The molecule has 2 saturated carbocycles. The highest BCUT2D eigenvalue weighted by Gasteiger charge is 2.66. The lowest BCUT2D eigenvalue weighted by Gasteiger charge is -2.35. The van der Waals surface area contributed by atoms with Crippen molar-refractivity contribution in [2.45, 2.75) is 88.9 Å². The van der Waals surface area contributed by atoms with E-state index in [0.717, 1.165) is 31.2 Å². The Bertz CT molecular complexity index is 1890. The van der Waals surface area contributed by atoms with E-state index in [1.165, 1.54) is 11.0 Å². The monoisotopic (exact) mass is 734 g/mol. The first-order valence-corrected chi connectivity index (χ1v) is 19.2. The van der Waals surface area contributed by atoms with Gasteiger partial charge in [0.15, 0.2) is 0 Å². The zero-order valence-electron chi connectivity index (χ0n) is 29.9. The van der Waals surface area contributed by atoms with Gasteiger partial charge in [-0.2, -0.15) is 0 Å². The number of hydrogen-bond donors (Lipinski definition) is 4. The van der Waals surface area contributed by atoms with E-state index in [1.807, 2.05) is 42.5 Å². The Morgan fingerprint density at radius 2 is 1.79 bits per heavy atom. The van der Waals surface area contributed by atoms with Gasteiger partial charge in [-0.05, 0) is 49.7 Å². The Morgan fingerprint density at radius 1 is 1.08 bits per heavy atom. The Labute approximate surface area is 303 Å². The third-order valence-electron chi connectivity index (χ3n) is 10.3. The molecule has 278 valence electrons. The van der Waals surface area contributed by atoms with Crippen LogP contribution in [0.4, 0.5) is 4.79 Å². The summed E-state index contributed by atoms with van der Waals surface area (Å²) in [5.74, 6) is -0.841. The first kappa shape index (κ1) is 37.3. The summed E-state index contributed by atoms with van der Waals surface area (Å²) in [6.45, 7) is 9.03. The normalized spacial score (nSPS) is 23.9. The average molecular weight is 735 g/mol. The molecule has 3 fully saturated rings. The summed E-state index contributed by atoms with van der Waals surface area (Å²) in [4.78, 5) is 68.4. The highest BCUT2D eigenvalue weighted by atomic mass is 31.2. The number of methoxy groups -OCH3 is 1. The zero-order valence-corrected chi connectivity index (χ0v) is 30.8. The largest absolute Gasteiger partial charge is 0.497 e. The second-order valence-corrected chi connectivity index (χ2v) is 16.9. The highest BCUT2D eigenvalue weighted by molar-refractivity contribution is 7.54. The molecule has 2 heterocycles. The number of likely N-dealkylation sites (tertiary alicyclic amines) is 1. The van der Waals surface area contributed by atoms with E-state index in [1.54, 1.807) is 40.0 Å². The van der Waals surface area contributed by atoms with E-state index in [-0.39, 0.29) is 25.5 Å². The van der Waals surface area contributed by atoms with E-state index in [9.17, 15) is 28.7 Å². The van der Waals surface area contributed by atoms with Gasteiger partial charge in [-0.25, -0.2) is 9.78 Å². The second kappa shape index (κ2) is 14.5. The molecule has 2 aliphatic carbocycles. The minimum atomic E-state index is -4.81. The summed E-state index contributed by atoms with van der Waals surface area (Å²) >= 11 is 0. The second-order valence-electron chi connectivity index (χ2n) is 15.0. The Kier molecular flexibility index (Phi) is 10.4. The standard InChI is InChI=1S/C38H47N4O9P/c1-6-24-21-38(24,52(46,47)48)41-34(43)31-19-27(22-42(31)35(44)33(37(2,3)4)40-36(45)51-25-14-10-11-15-25)50-32-20-29(23-12-8-7-9-13-23)39-30-18-26(49-5)16-17-28(30)32/h6-9,12-13,16-18,20,24-25,27,31,33H,1,10-11,14-15,19,21-22H2,2-5H3,(H,40,45)(H,41,43)(H2,46,47,48)/t24?,27-,31+,33-,38+/m1/s1. The fourth-order valence-corrected chi connectivity index (χ4v) is 8.47. The Balaban J connectivity index is 1.33. The zero-order chi connectivity index (χ0) is 37.4. The summed E-state index contributed by atoms with van der Waals surface area (Å²) in [5.41, 5.74) is 1.31. The number of ether oxygens (including phenoxy) is 3. The van der Waals surface area contributed by atoms with Crippen LogP contribution in [0, 0.1) is 11.3 Å². The van der Waals surface area contributed by atoms with Crippen molar-refractivity contribution in [2.75, 3.05) is 13.7 Å². The van der Waals surface area contributed by atoms with E-state index < -0.39 is 60.3 Å². The van der Waals surface area contributed by atoms with Crippen molar-refractivity contribution in [1.82, 2.24) is 20.5 Å². The van der Waals surface area contributed by atoms with Crippen LogP contribution in [0.2, 0.25) is 0 Å². The van der Waals surface area contributed by atoms with Crippen molar-refractivity contribution in [2.24, 2.45) is 11.3 Å². The number of rotatable bonds is 11. The molecule has 52 heavy (non-hydrogen) atoms. The smallest absolute Gasteiger partial charge is 0.408 e. The van der Waals surface area contributed by atoms with Crippen LogP contribution in [0.3, 0.4) is 0 Å². The number of benzene rings is 2. The molecule has 0 radical (unpaired) electrons. The number of aromatic nitrogens is 1. The van der Waals surface area contributed by atoms with Gasteiger partial charge in [0, 0.05) is 35.4 Å². The molecule has 6 rings (SSSR count). The number of hydrogen-bond acceptors (Lipinski definition) is 8. The van der Waals surface area contributed by atoms with Crippen LogP contribution >= 0.6 is 7.60 Å². The fourth-order valence-electron chi connectivity index (χ4n) is 7.24. The lowest BCUT2D eigenvalue weighted by Crippen LogP contribution is -2.58. The molecule has 1 unspecified atom stereocenters. The van der Waals surface area contributed by atoms with Gasteiger partial charge in [-0.15, -0.1) is 6.58 Å². The number of pyridine rings is 1. The summed E-state index contributed by atoms with van der Waals surface area (Å²) in [5, 5.41) is 4.24. The molecule has 3 aliphatic rings. The van der Waals surface area contributed by atoms with Gasteiger partial charge >= 0.3 is 13.7 Å². The maximum Gasteiger partial charge on any atom is 0.408 e. The van der Waals surface area contributed by atoms with Gasteiger partial charge in [0.1, 0.15) is 41.1 Å². The minimum Gasteiger partial charge on any atom is -0.497 e. The summed E-state index contributed by atoms with van der Waals surface area (Å²) in [6, 6.07) is 14.5. The summed E-state index contributed by atoms with van der Waals surface area (Å²) in [6.07, 6.45) is 3.20. The van der Waals surface area contributed by atoms with E-state index in [4.69, 9.17) is 19.2 Å². The van der Waals surface area contributed by atoms with Crippen molar-refractivity contribution in [3.8, 4) is 22.8 Å². The van der Waals surface area contributed by atoms with Crippen LogP contribution in [-0.4, -0.2) is 80.8 Å². The van der Waals surface area contributed by atoms with Crippen molar-refractivity contribution in [1.29, 1.82) is 0 Å². The van der Waals surface area contributed by atoms with Crippen molar-refractivity contribution in [3.63, 3.8) is 0 Å². The quantitative estimate of drug-likeness (QED) is 0.145. The molecule has 13 nitrogen and oxygen atoms in total. The summed E-state index contributed by atoms with van der Waals surface area (Å²) in [7, 11) is -3.25. The third kappa shape index (κ3) is 7.67. The van der Waals surface area contributed by atoms with E-state index in [2.05, 4.69) is 17.2 Å². The summed E-state index contributed by atoms with van der Waals surface area (Å²) < 4.78 is 30.3. The number of nitrogens with one attached hydrogen (secondary N) is 2. The number of nitrogens with zero attached hydrogens (tertiary/aromatic N) is 2. The van der Waals surface area contributed by atoms with Crippen LogP contribution in [0.5, 0.6) is 11.5 Å². The first-order chi connectivity index (χ1) is 24.6. The third-order valence-corrected chi connectivity index (χ3v) is 11.9. The van der Waals surface area contributed by atoms with Crippen molar-refractivity contribution in [3.05, 3.63) is 67.3 Å². The first-order valence-electron chi connectivity index (χ1n) is 17.6. The van der Waals surface area contributed by atoms with Crippen LogP contribution < -0.4 is 20.1 Å². The van der Waals surface area contributed by atoms with Crippen LogP contribution in [0.1, 0.15) is 59.3 Å². The topological polar surface area (TPSA) is 177 Å². The Hall–Kier alpha value is -4.45. The van der Waals surface area contributed by atoms with Gasteiger partial charge in [-0.3, -0.25) is 14.2 Å². The number of alkyl carbamates (subject to hydrolysis) is 1.